The zero-order chi connectivity index (χ0) is 15.8. The number of amides is 1. The van der Waals surface area contributed by atoms with Gasteiger partial charge in [0.25, 0.3) is 5.91 Å². The zero-order valence-corrected chi connectivity index (χ0v) is 11.9. The van der Waals surface area contributed by atoms with E-state index in [9.17, 15) is 19.1 Å². The van der Waals surface area contributed by atoms with Gasteiger partial charge in [-0.3, -0.25) is 9.59 Å². The molecule has 0 saturated carbocycles. The molecule has 1 unspecified atom stereocenters. The van der Waals surface area contributed by atoms with Crippen LogP contribution in [0.25, 0.3) is 0 Å². The molecule has 0 saturated heterocycles. The monoisotopic (exact) mass is 297 g/mol. The quantitative estimate of drug-likeness (QED) is 0.688. The Morgan fingerprint density at radius 2 is 2.05 bits per heavy atom. The number of phenolic OH excluding ortho intramolecular Hbond substituents is 1. The number of nitrogens with one attached hydrogen (secondary N) is 1. The number of rotatable bonds is 8. The van der Waals surface area contributed by atoms with E-state index >= 15 is 0 Å². The fraction of sp³-hybridized carbons (Fsp3) is 0.467. The van der Waals surface area contributed by atoms with Gasteiger partial charge in [-0.05, 0) is 30.9 Å². The maximum Gasteiger partial charge on any atom is 0.303 e. The minimum absolute atomic E-state index is 0.0231. The van der Waals surface area contributed by atoms with E-state index in [4.69, 9.17) is 5.11 Å². The summed E-state index contributed by atoms with van der Waals surface area (Å²) in [5.41, 5.74) is 0.0231. The van der Waals surface area contributed by atoms with Gasteiger partial charge < -0.3 is 15.5 Å². The molecule has 6 heteroatoms. The molecule has 1 aromatic rings. The smallest absolute Gasteiger partial charge is 0.303 e. The molecule has 1 aromatic carbocycles. The first-order valence-electron chi connectivity index (χ1n) is 6.92. The van der Waals surface area contributed by atoms with Crippen LogP contribution in [0.2, 0.25) is 0 Å². The lowest BCUT2D eigenvalue weighted by Gasteiger charge is -2.14. The molecule has 0 spiro atoms. The number of aliphatic carboxylic acids is 1. The molecule has 0 aromatic heterocycles. The van der Waals surface area contributed by atoms with E-state index in [1.54, 1.807) is 0 Å². The van der Waals surface area contributed by atoms with Crippen molar-refractivity contribution >= 4 is 11.9 Å². The molecule has 0 bridgehead atoms. The SMILES string of the molecule is CCC(CCNC(=O)c1ccc(F)cc1O)CCC(=O)O. The lowest BCUT2D eigenvalue weighted by atomic mass is 9.96. The third-order valence-electron chi connectivity index (χ3n) is 3.39. The number of hydrogen-bond acceptors (Lipinski definition) is 3. The Kier molecular flexibility index (Phi) is 6.65. The van der Waals surface area contributed by atoms with Gasteiger partial charge in [-0.15, -0.1) is 0 Å². The first kappa shape index (κ1) is 16.9. The van der Waals surface area contributed by atoms with Crippen molar-refractivity contribution in [3.63, 3.8) is 0 Å². The molecule has 0 radical (unpaired) electrons. The van der Waals surface area contributed by atoms with Gasteiger partial charge in [0.1, 0.15) is 11.6 Å². The normalized spacial score (nSPS) is 11.9. The van der Waals surface area contributed by atoms with E-state index in [1.165, 1.54) is 6.07 Å². The van der Waals surface area contributed by atoms with Crippen molar-refractivity contribution < 1.29 is 24.2 Å². The van der Waals surface area contributed by atoms with E-state index in [2.05, 4.69) is 5.32 Å². The number of halogens is 1. The summed E-state index contributed by atoms with van der Waals surface area (Å²) in [6.45, 7) is 2.36. The summed E-state index contributed by atoms with van der Waals surface area (Å²) < 4.78 is 12.8. The van der Waals surface area contributed by atoms with Gasteiger partial charge in [-0.2, -0.15) is 0 Å². The Morgan fingerprint density at radius 1 is 1.33 bits per heavy atom. The lowest BCUT2D eigenvalue weighted by molar-refractivity contribution is -0.137. The van der Waals surface area contributed by atoms with Crippen LogP contribution in [0.3, 0.4) is 0 Å². The molecule has 21 heavy (non-hydrogen) atoms. The highest BCUT2D eigenvalue weighted by molar-refractivity contribution is 5.96. The Balaban J connectivity index is 2.43. The van der Waals surface area contributed by atoms with Gasteiger partial charge in [0, 0.05) is 19.0 Å². The molecule has 1 atom stereocenters. The number of carbonyl (C=O) groups is 2. The lowest BCUT2D eigenvalue weighted by Crippen LogP contribution is -2.26. The van der Waals surface area contributed by atoms with Crippen molar-refractivity contribution in [2.45, 2.75) is 32.6 Å². The Labute approximate surface area is 122 Å². The third-order valence-corrected chi connectivity index (χ3v) is 3.39. The summed E-state index contributed by atoms with van der Waals surface area (Å²) in [7, 11) is 0. The van der Waals surface area contributed by atoms with Crippen LogP contribution in [0.5, 0.6) is 5.75 Å². The van der Waals surface area contributed by atoms with Crippen molar-refractivity contribution in [3.8, 4) is 5.75 Å². The van der Waals surface area contributed by atoms with Crippen LogP contribution in [0.1, 0.15) is 43.0 Å². The highest BCUT2D eigenvalue weighted by Gasteiger charge is 2.13. The number of carboxylic acids is 1. The van der Waals surface area contributed by atoms with Gasteiger partial charge in [0.2, 0.25) is 0 Å². The van der Waals surface area contributed by atoms with Crippen LogP contribution in [0, 0.1) is 11.7 Å². The van der Waals surface area contributed by atoms with Crippen LogP contribution in [0.4, 0.5) is 4.39 Å². The molecule has 116 valence electrons. The van der Waals surface area contributed by atoms with Crippen molar-refractivity contribution in [1.82, 2.24) is 5.32 Å². The molecule has 0 aliphatic rings. The number of phenols is 1. The molecular weight excluding hydrogens is 277 g/mol. The van der Waals surface area contributed by atoms with E-state index < -0.39 is 23.4 Å². The van der Waals surface area contributed by atoms with Gasteiger partial charge >= 0.3 is 5.97 Å². The van der Waals surface area contributed by atoms with Crippen LogP contribution in [-0.2, 0) is 4.79 Å². The van der Waals surface area contributed by atoms with E-state index in [1.807, 2.05) is 6.92 Å². The number of benzene rings is 1. The van der Waals surface area contributed by atoms with Crippen molar-refractivity contribution in [3.05, 3.63) is 29.6 Å². The summed E-state index contributed by atoms with van der Waals surface area (Å²) in [4.78, 5) is 22.3. The van der Waals surface area contributed by atoms with E-state index in [-0.39, 0.29) is 17.9 Å². The Bertz CT molecular complexity index is 504. The summed E-state index contributed by atoms with van der Waals surface area (Å²) in [6, 6.07) is 3.22. The first-order chi connectivity index (χ1) is 9.93. The minimum Gasteiger partial charge on any atom is -0.507 e. The van der Waals surface area contributed by atoms with Crippen molar-refractivity contribution in [2.75, 3.05) is 6.54 Å². The largest absolute Gasteiger partial charge is 0.507 e. The fourth-order valence-electron chi connectivity index (χ4n) is 2.06. The second-order valence-electron chi connectivity index (χ2n) is 4.91. The maximum atomic E-state index is 12.8. The maximum absolute atomic E-state index is 12.8. The van der Waals surface area contributed by atoms with Gasteiger partial charge in [0.15, 0.2) is 0 Å². The zero-order valence-electron chi connectivity index (χ0n) is 11.9. The number of carboxylic acid groups (broad SMARTS) is 1. The summed E-state index contributed by atoms with van der Waals surface area (Å²) >= 11 is 0. The number of aromatic hydroxyl groups is 1. The highest BCUT2D eigenvalue weighted by Crippen LogP contribution is 2.18. The molecule has 5 nitrogen and oxygen atoms in total. The standard InChI is InChI=1S/C15H20FNO4/c1-2-10(3-6-14(19)20)7-8-17-15(21)12-5-4-11(16)9-13(12)18/h4-5,9-10,18H,2-3,6-8H2,1H3,(H,17,21)(H,19,20). The topological polar surface area (TPSA) is 86.6 Å². The van der Waals surface area contributed by atoms with Crippen molar-refractivity contribution in [1.29, 1.82) is 0 Å². The van der Waals surface area contributed by atoms with Gasteiger partial charge in [0.05, 0.1) is 5.56 Å². The Morgan fingerprint density at radius 3 is 2.62 bits per heavy atom. The average molecular weight is 297 g/mol. The predicted octanol–water partition coefficient (Wildman–Crippen LogP) is 2.54. The van der Waals surface area contributed by atoms with Gasteiger partial charge in [-0.25, -0.2) is 4.39 Å². The molecule has 0 fully saturated rings. The number of hydrogen-bond donors (Lipinski definition) is 3. The first-order valence-corrected chi connectivity index (χ1v) is 6.92. The molecular formula is C15H20FNO4. The van der Waals surface area contributed by atoms with Crippen LogP contribution < -0.4 is 5.32 Å². The minimum atomic E-state index is -0.825. The van der Waals surface area contributed by atoms with Crippen LogP contribution in [0.15, 0.2) is 18.2 Å². The van der Waals surface area contributed by atoms with Crippen molar-refractivity contribution in [2.24, 2.45) is 5.92 Å². The summed E-state index contributed by atoms with van der Waals surface area (Å²) in [6.07, 6.45) is 2.19. The molecule has 0 aliphatic carbocycles. The average Bonchev–Trinajstić information content (AvgIpc) is 2.42. The molecule has 1 amide bonds. The second-order valence-corrected chi connectivity index (χ2v) is 4.91. The third kappa shape index (κ3) is 5.81. The summed E-state index contributed by atoms with van der Waals surface area (Å²) in [5, 5.41) is 20.8. The fourth-order valence-corrected chi connectivity index (χ4v) is 2.06. The molecule has 0 heterocycles. The van der Waals surface area contributed by atoms with Gasteiger partial charge in [-0.1, -0.05) is 13.3 Å². The van der Waals surface area contributed by atoms with E-state index in [0.717, 1.165) is 18.6 Å². The van der Waals surface area contributed by atoms with Crippen LogP contribution >= 0.6 is 0 Å². The van der Waals surface area contributed by atoms with Crippen LogP contribution in [-0.4, -0.2) is 28.6 Å². The molecule has 0 aliphatic heterocycles. The second kappa shape index (κ2) is 8.24. The Hall–Kier alpha value is -2.11. The summed E-state index contributed by atoms with van der Waals surface area (Å²) in [5.74, 6) is -2.08. The molecule has 3 N–H and O–H groups in total. The number of carbonyl (C=O) groups excluding carboxylic acids is 1. The van der Waals surface area contributed by atoms with E-state index in [0.29, 0.717) is 19.4 Å². The highest BCUT2D eigenvalue weighted by atomic mass is 19.1. The molecule has 1 rings (SSSR count). The predicted molar refractivity (Wildman–Crippen MR) is 75.7 cm³/mol.